The van der Waals surface area contributed by atoms with Gasteiger partial charge in [0.05, 0.1) is 10.5 Å². The minimum atomic E-state index is -3.83. The maximum absolute atomic E-state index is 14.0. The molecule has 0 radical (unpaired) electrons. The topological polar surface area (TPSA) is 83.9 Å². The maximum atomic E-state index is 14.0. The van der Waals surface area contributed by atoms with Crippen molar-refractivity contribution in [2.45, 2.75) is 76.5 Å². The zero-order valence-corrected chi connectivity index (χ0v) is 21.9. The van der Waals surface area contributed by atoms with E-state index in [4.69, 9.17) is 4.74 Å². The normalized spacial score (nSPS) is 25.4. The molecule has 1 aliphatic carbocycles. The summed E-state index contributed by atoms with van der Waals surface area (Å²) in [6.45, 7) is 9.15. The van der Waals surface area contributed by atoms with Gasteiger partial charge in [-0.1, -0.05) is 55.0 Å². The van der Waals surface area contributed by atoms with Gasteiger partial charge in [-0.2, -0.15) is 4.31 Å². The van der Waals surface area contributed by atoms with Crippen LogP contribution in [0.25, 0.3) is 0 Å². The number of esters is 1. The van der Waals surface area contributed by atoms with E-state index < -0.39 is 33.6 Å². The first-order valence-electron chi connectivity index (χ1n) is 12.2. The third kappa shape index (κ3) is 5.16. The van der Waals surface area contributed by atoms with Gasteiger partial charge in [0.25, 0.3) is 0 Å². The Hall–Kier alpha value is -2.64. The van der Waals surface area contributed by atoms with Crippen LogP contribution in [0.1, 0.15) is 51.7 Å². The summed E-state index contributed by atoms with van der Waals surface area (Å²) in [7, 11) is -3.83. The molecule has 0 saturated carbocycles. The predicted octanol–water partition coefficient (Wildman–Crippen LogP) is 5.18. The molecule has 0 amide bonds. The lowest BCUT2D eigenvalue weighted by Crippen LogP contribution is -2.46. The highest BCUT2D eigenvalue weighted by molar-refractivity contribution is 7.89. The fourth-order valence-electron chi connectivity index (χ4n) is 5.40. The lowest BCUT2D eigenvalue weighted by atomic mass is 9.78. The van der Waals surface area contributed by atoms with Crippen LogP contribution >= 0.6 is 0 Å². The number of ether oxygens (including phenoxy) is 1. The van der Waals surface area contributed by atoms with E-state index in [-0.39, 0.29) is 28.2 Å². The Kier molecular flexibility index (Phi) is 6.86. The molecule has 2 aromatic rings. The van der Waals surface area contributed by atoms with Gasteiger partial charge in [-0.05, 0) is 70.6 Å². The summed E-state index contributed by atoms with van der Waals surface area (Å²) in [6.07, 6.45) is 1.41. The fraction of sp³-hybridized carbons (Fsp3) is 0.464. The first-order valence-corrected chi connectivity index (χ1v) is 13.6. The van der Waals surface area contributed by atoms with E-state index in [1.54, 1.807) is 49.3 Å². The van der Waals surface area contributed by atoms with Gasteiger partial charge in [0.1, 0.15) is 11.4 Å². The van der Waals surface area contributed by atoms with Crippen LogP contribution < -0.4 is 0 Å². The Morgan fingerprint density at radius 3 is 2.29 bits per heavy atom. The van der Waals surface area contributed by atoms with Crippen LogP contribution in [-0.4, -0.2) is 41.5 Å². The Bertz CT molecular complexity index is 1210. The number of fused-ring (bicyclic) bond motifs is 1. The highest BCUT2D eigenvalue weighted by atomic mass is 32.2. The molecule has 1 saturated heterocycles. The van der Waals surface area contributed by atoms with Crippen molar-refractivity contribution in [3.05, 3.63) is 77.1 Å². The lowest BCUT2D eigenvalue weighted by molar-refractivity contribution is -0.151. The molecule has 2 aliphatic rings. The molecule has 6 nitrogen and oxygen atoms in total. The SMILES string of the molecule is Cc1ccc(S(=O)(=O)N2[C@@H](Cc3ccccc3)C[C@@H]3C(O)=C(C(=O)OC(C)(C)C)[C@@H](C)C[C@@H]32)cc1. The number of hydrogen-bond donors (Lipinski definition) is 1. The van der Waals surface area contributed by atoms with Gasteiger partial charge >= 0.3 is 5.97 Å². The van der Waals surface area contributed by atoms with Crippen LogP contribution in [-0.2, 0) is 26.0 Å². The molecule has 1 aliphatic heterocycles. The van der Waals surface area contributed by atoms with Crippen LogP contribution in [0, 0.1) is 18.8 Å². The quantitative estimate of drug-likeness (QED) is 0.576. The molecule has 1 N–H and O–H groups in total. The summed E-state index contributed by atoms with van der Waals surface area (Å²) in [6, 6.07) is 15.9. The van der Waals surface area contributed by atoms with Crippen LogP contribution in [0.5, 0.6) is 0 Å². The van der Waals surface area contributed by atoms with E-state index in [9.17, 15) is 18.3 Å². The standard InChI is InChI=1S/C28H35NO5S/c1-18-11-13-22(14-12-18)35(32,33)29-21(16-20-9-7-6-8-10-20)17-23-24(29)15-19(2)25(26(23)30)27(31)34-28(3,4)5/h6-14,19,21,23-24,30H,15-17H2,1-5H3/t19-,21-,23-,24-/m0/s1. The summed E-state index contributed by atoms with van der Waals surface area (Å²) in [4.78, 5) is 13.2. The van der Waals surface area contributed by atoms with E-state index >= 15 is 0 Å². The minimum Gasteiger partial charge on any atom is -0.511 e. The highest BCUT2D eigenvalue weighted by Crippen LogP contribution is 2.47. The van der Waals surface area contributed by atoms with Crippen molar-refractivity contribution in [1.82, 2.24) is 4.31 Å². The number of aryl methyl sites for hydroxylation is 1. The largest absolute Gasteiger partial charge is 0.511 e. The van der Waals surface area contributed by atoms with Gasteiger partial charge in [0.15, 0.2) is 0 Å². The molecule has 2 aromatic carbocycles. The molecule has 7 heteroatoms. The van der Waals surface area contributed by atoms with Crippen molar-refractivity contribution in [3.8, 4) is 0 Å². The van der Waals surface area contributed by atoms with E-state index in [1.807, 2.05) is 44.2 Å². The predicted molar refractivity (Wildman–Crippen MR) is 135 cm³/mol. The van der Waals surface area contributed by atoms with E-state index in [1.165, 1.54) is 0 Å². The molecule has 0 spiro atoms. The average Bonchev–Trinajstić information content (AvgIpc) is 3.12. The zero-order valence-electron chi connectivity index (χ0n) is 21.1. The first-order chi connectivity index (χ1) is 16.4. The van der Waals surface area contributed by atoms with Gasteiger partial charge in [-0.25, -0.2) is 13.2 Å². The second-order valence-corrected chi connectivity index (χ2v) is 12.7. The van der Waals surface area contributed by atoms with E-state index in [0.717, 1.165) is 11.1 Å². The van der Waals surface area contributed by atoms with Crippen molar-refractivity contribution in [3.63, 3.8) is 0 Å². The van der Waals surface area contributed by atoms with Gasteiger partial charge in [-0.3, -0.25) is 0 Å². The van der Waals surface area contributed by atoms with Crippen molar-refractivity contribution >= 4 is 16.0 Å². The molecule has 0 aromatic heterocycles. The number of aliphatic hydroxyl groups is 1. The van der Waals surface area contributed by atoms with E-state index in [0.29, 0.717) is 19.3 Å². The molecule has 35 heavy (non-hydrogen) atoms. The average molecular weight is 498 g/mol. The number of carbonyl (C=O) groups excluding carboxylic acids is 1. The second-order valence-electron chi connectivity index (χ2n) is 10.8. The van der Waals surface area contributed by atoms with Crippen LogP contribution in [0.3, 0.4) is 0 Å². The highest BCUT2D eigenvalue weighted by Gasteiger charge is 2.53. The Morgan fingerprint density at radius 1 is 1.06 bits per heavy atom. The van der Waals surface area contributed by atoms with Gasteiger partial charge < -0.3 is 9.84 Å². The third-order valence-corrected chi connectivity index (χ3v) is 8.91. The molecule has 1 heterocycles. The number of benzene rings is 2. The Morgan fingerprint density at radius 2 is 1.69 bits per heavy atom. The zero-order chi connectivity index (χ0) is 25.5. The number of aliphatic hydroxyl groups excluding tert-OH is 1. The van der Waals surface area contributed by atoms with Crippen LogP contribution in [0.4, 0.5) is 0 Å². The maximum Gasteiger partial charge on any atom is 0.338 e. The first kappa shape index (κ1) is 25.5. The third-order valence-electron chi connectivity index (χ3n) is 6.92. The summed E-state index contributed by atoms with van der Waals surface area (Å²) >= 11 is 0. The smallest absolute Gasteiger partial charge is 0.338 e. The number of rotatable bonds is 5. The molecule has 1 fully saturated rings. The number of hydrogen-bond acceptors (Lipinski definition) is 5. The summed E-state index contributed by atoms with van der Waals surface area (Å²) in [5.74, 6) is -1.34. The lowest BCUT2D eigenvalue weighted by Gasteiger charge is -2.36. The minimum absolute atomic E-state index is 0.0253. The summed E-state index contributed by atoms with van der Waals surface area (Å²) in [5.41, 5.74) is 1.60. The number of sulfonamides is 1. The number of nitrogens with zero attached hydrogens (tertiary/aromatic N) is 1. The van der Waals surface area contributed by atoms with Crippen molar-refractivity contribution in [2.75, 3.05) is 0 Å². The van der Waals surface area contributed by atoms with E-state index in [2.05, 4.69) is 0 Å². The van der Waals surface area contributed by atoms with Gasteiger partial charge in [0.2, 0.25) is 10.0 Å². The molecular weight excluding hydrogens is 462 g/mol. The summed E-state index contributed by atoms with van der Waals surface area (Å²) < 4.78 is 35.1. The van der Waals surface area contributed by atoms with Crippen LogP contribution in [0.15, 0.2) is 70.8 Å². The summed E-state index contributed by atoms with van der Waals surface area (Å²) in [5, 5.41) is 11.3. The van der Waals surface area contributed by atoms with Gasteiger partial charge in [0, 0.05) is 18.0 Å². The van der Waals surface area contributed by atoms with Crippen molar-refractivity contribution < 1.29 is 23.1 Å². The molecule has 0 unspecified atom stereocenters. The van der Waals surface area contributed by atoms with Crippen molar-refractivity contribution in [1.29, 1.82) is 0 Å². The molecule has 188 valence electrons. The Balaban J connectivity index is 1.76. The molecule has 4 rings (SSSR count). The number of carbonyl (C=O) groups is 1. The fourth-order valence-corrected chi connectivity index (χ4v) is 7.27. The van der Waals surface area contributed by atoms with Crippen molar-refractivity contribution in [2.24, 2.45) is 11.8 Å². The van der Waals surface area contributed by atoms with Crippen LogP contribution in [0.2, 0.25) is 0 Å². The monoisotopic (exact) mass is 497 g/mol. The van der Waals surface area contributed by atoms with Gasteiger partial charge in [-0.15, -0.1) is 0 Å². The molecule has 0 bridgehead atoms. The second kappa shape index (κ2) is 9.43. The molecular formula is C28H35NO5S. The molecule has 4 atom stereocenters. The Labute approximate surface area is 208 Å².